The van der Waals surface area contributed by atoms with Gasteiger partial charge in [0.2, 0.25) is 0 Å². The third-order valence-corrected chi connectivity index (χ3v) is 2.14. The van der Waals surface area contributed by atoms with Crippen LogP contribution in [-0.2, 0) is 6.42 Å². The molecule has 0 aliphatic carbocycles. The van der Waals surface area contributed by atoms with Gasteiger partial charge >= 0.3 is 0 Å². The zero-order valence-corrected chi connectivity index (χ0v) is 7.47. The lowest BCUT2D eigenvalue weighted by Gasteiger charge is -2.05. The van der Waals surface area contributed by atoms with Gasteiger partial charge in [-0.05, 0) is 25.3 Å². The van der Waals surface area contributed by atoms with Gasteiger partial charge in [0.1, 0.15) is 0 Å². The zero-order chi connectivity index (χ0) is 8.10. The SMILES string of the molecule is CC(CCN)Cc1cnsn1. The molecule has 1 heterocycles. The minimum atomic E-state index is 0.629. The maximum atomic E-state index is 5.42. The average Bonchev–Trinajstić information content (AvgIpc) is 2.40. The molecule has 4 heteroatoms. The smallest absolute Gasteiger partial charge is 0.0745 e. The second-order valence-corrected chi connectivity index (χ2v) is 3.34. The second kappa shape index (κ2) is 4.41. The molecule has 0 saturated carbocycles. The van der Waals surface area contributed by atoms with Crippen LogP contribution in [0.15, 0.2) is 6.20 Å². The largest absolute Gasteiger partial charge is 0.330 e. The van der Waals surface area contributed by atoms with Crippen LogP contribution >= 0.6 is 11.7 Å². The van der Waals surface area contributed by atoms with Crippen LogP contribution < -0.4 is 5.73 Å². The number of nitrogens with zero attached hydrogens (tertiary/aromatic N) is 2. The average molecular weight is 171 g/mol. The summed E-state index contributed by atoms with van der Waals surface area (Å²) < 4.78 is 8.06. The molecule has 1 unspecified atom stereocenters. The molecule has 1 aromatic heterocycles. The van der Waals surface area contributed by atoms with E-state index in [9.17, 15) is 0 Å². The Morgan fingerprint density at radius 3 is 3.09 bits per heavy atom. The Balaban J connectivity index is 2.31. The lowest BCUT2D eigenvalue weighted by Crippen LogP contribution is -2.08. The number of aromatic nitrogens is 2. The number of hydrogen-bond acceptors (Lipinski definition) is 4. The van der Waals surface area contributed by atoms with Gasteiger partial charge in [-0.2, -0.15) is 8.75 Å². The van der Waals surface area contributed by atoms with Crippen LogP contribution in [-0.4, -0.2) is 15.3 Å². The molecular formula is C7H13N3S. The summed E-state index contributed by atoms with van der Waals surface area (Å²) in [5.74, 6) is 0.629. The van der Waals surface area contributed by atoms with Gasteiger partial charge in [-0.25, -0.2) is 0 Å². The van der Waals surface area contributed by atoms with E-state index < -0.39 is 0 Å². The van der Waals surface area contributed by atoms with Crippen molar-refractivity contribution in [3.8, 4) is 0 Å². The molecule has 0 aliphatic rings. The van der Waals surface area contributed by atoms with Crippen LogP contribution in [0.2, 0.25) is 0 Å². The van der Waals surface area contributed by atoms with Crippen molar-refractivity contribution >= 4 is 11.7 Å². The van der Waals surface area contributed by atoms with Crippen LogP contribution in [0.1, 0.15) is 19.0 Å². The van der Waals surface area contributed by atoms with Gasteiger partial charge in [-0.15, -0.1) is 0 Å². The van der Waals surface area contributed by atoms with Gasteiger partial charge in [0.25, 0.3) is 0 Å². The van der Waals surface area contributed by atoms with E-state index in [-0.39, 0.29) is 0 Å². The van der Waals surface area contributed by atoms with Gasteiger partial charge in [-0.3, -0.25) is 0 Å². The van der Waals surface area contributed by atoms with Crippen molar-refractivity contribution in [2.45, 2.75) is 19.8 Å². The molecule has 0 aromatic carbocycles. The van der Waals surface area contributed by atoms with E-state index >= 15 is 0 Å². The first kappa shape index (κ1) is 8.62. The highest BCUT2D eigenvalue weighted by molar-refractivity contribution is 6.99. The maximum absolute atomic E-state index is 5.42. The minimum absolute atomic E-state index is 0.629. The normalized spacial score (nSPS) is 13.3. The highest BCUT2D eigenvalue weighted by Crippen LogP contribution is 2.08. The van der Waals surface area contributed by atoms with E-state index in [1.165, 1.54) is 11.7 Å². The van der Waals surface area contributed by atoms with Crippen LogP contribution in [0.25, 0.3) is 0 Å². The van der Waals surface area contributed by atoms with Crippen molar-refractivity contribution in [2.24, 2.45) is 11.7 Å². The van der Waals surface area contributed by atoms with Crippen LogP contribution in [0.3, 0.4) is 0 Å². The molecule has 0 amide bonds. The Morgan fingerprint density at radius 2 is 2.55 bits per heavy atom. The third kappa shape index (κ3) is 2.95. The number of rotatable bonds is 4. The zero-order valence-electron chi connectivity index (χ0n) is 6.66. The highest BCUT2D eigenvalue weighted by Gasteiger charge is 2.03. The van der Waals surface area contributed by atoms with Crippen molar-refractivity contribution in [2.75, 3.05) is 6.54 Å². The fourth-order valence-corrected chi connectivity index (χ4v) is 1.46. The first-order chi connectivity index (χ1) is 5.33. The molecule has 1 rings (SSSR count). The van der Waals surface area contributed by atoms with Gasteiger partial charge in [-0.1, -0.05) is 6.92 Å². The third-order valence-electron chi connectivity index (χ3n) is 1.62. The molecule has 0 saturated heterocycles. The molecule has 1 atom stereocenters. The van der Waals surface area contributed by atoms with E-state index in [0.29, 0.717) is 5.92 Å². The summed E-state index contributed by atoms with van der Waals surface area (Å²) in [6.07, 6.45) is 3.91. The number of hydrogen-bond donors (Lipinski definition) is 1. The van der Waals surface area contributed by atoms with E-state index in [4.69, 9.17) is 5.73 Å². The van der Waals surface area contributed by atoms with E-state index in [2.05, 4.69) is 15.7 Å². The van der Waals surface area contributed by atoms with Crippen molar-refractivity contribution in [3.63, 3.8) is 0 Å². The summed E-state index contributed by atoms with van der Waals surface area (Å²) in [5.41, 5.74) is 6.52. The molecule has 62 valence electrons. The fourth-order valence-electron chi connectivity index (χ4n) is 1.02. The van der Waals surface area contributed by atoms with E-state index in [1.54, 1.807) is 0 Å². The molecule has 0 aliphatic heterocycles. The monoisotopic (exact) mass is 171 g/mol. The Hall–Kier alpha value is -0.480. The Labute approximate surface area is 71.0 Å². The van der Waals surface area contributed by atoms with Crippen LogP contribution in [0.4, 0.5) is 0 Å². The summed E-state index contributed by atoms with van der Waals surface area (Å²) in [5, 5.41) is 0. The predicted molar refractivity (Wildman–Crippen MR) is 46.4 cm³/mol. The lowest BCUT2D eigenvalue weighted by atomic mass is 10.0. The minimum Gasteiger partial charge on any atom is -0.330 e. The molecule has 0 spiro atoms. The van der Waals surface area contributed by atoms with Gasteiger partial charge in [0, 0.05) is 0 Å². The quantitative estimate of drug-likeness (QED) is 0.737. The summed E-state index contributed by atoms with van der Waals surface area (Å²) in [6, 6.07) is 0. The molecule has 2 N–H and O–H groups in total. The van der Waals surface area contributed by atoms with Gasteiger partial charge < -0.3 is 5.73 Å². The Morgan fingerprint density at radius 1 is 1.73 bits per heavy atom. The van der Waals surface area contributed by atoms with Crippen LogP contribution in [0.5, 0.6) is 0 Å². The maximum Gasteiger partial charge on any atom is 0.0745 e. The summed E-state index contributed by atoms with van der Waals surface area (Å²) in [7, 11) is 0. The van der Waals surface area contributed by atoms with Crippen molar-refractivity contribution in [1.82, 2.24) is 8.75 Å². The molecule has 0 bridgehead atoms. The summed E-state index contributed by atoms with van der Waals surface area (Å²) in [4.78, 5) is 0. The molecule has 11 heavy (non-hydrogen) atoms. The topological polar surface area (TPSA) is 51.8 Å². The highest BCUT2D eigenvalue weighted by atomic mass is 32.1. The standard InChI is InChI=1S/C7H13N3S/c1-6(2-3-8)4-7-5-9-11-10-7/h5-6H,2-4,8H2,1H3. The Kier molecular flexibility index (Phi) is 3.45. The molecule has 3 nitrogen and oxygen atoms in total. The van der Waals surface area contributed by atoms with E-state index in [1.807, 2.05) is 6.20 Å². The molecular weight excluding hydrogens is 158 g/mol. The first-order valence-corrected chi connectivity index (χ1v) is 4.52. The molecule has 1 aromatic rings. The van der Waals surface area contributed by atoms with Crippen molar-refractivity contribution < 1.29 is 0 Å². The molecule has 0 fully saturated rings. The van der Waals surface area contributed by atoms with E-state index in [0.717, 1.165) is 25.1 Å². The Bertz CT molecular complexity index is 186. The van der Waals surface area contributed by atoms with Gasteiger partial charge in [0.15, 0.2) is 0 Å². The summed E-state index contributed by atoms with van der Waals surface area (Å²) in [6.45, 7) is 2.95. The lowest BCUT2D eigenvalue weighted by molar-refractivity contribution is 0.534. The summed E-state index contributed by atoms with van der Waals surface area (Å²) >= 11 is 1.27. The predicted octanol–water partition coefficient (Wildman–Crippen LogP) is 1.07. The molecule has 0 radical (unpaired) electrons. The number of nitrogens with two attached hydrogens (primary N) is 1. The first-order valence-electron chi connectivity index (χ1n) is 3.79. The van der Waals surface area contributed by atoms with Crippen molar-refractivity contribution in [1.29, 1.82) is 0 Å². The van der Waals surface area contributed by atoms with Crippen LogP contribution in [0, 0.1) is 5.92 Å². The fraction of sp³-hybridized carbons (Fsp3) is 0.714. The van der Waals surface area contributed by atoms with Crippen molar-refractivity contribution in [3.05, 3.63) is 11.9 Å². The van der Waals surface area contributed by atoms with Gasteiger partial charge in [0.05, 0.1) is 23.6 Å². The second-order valence-electron chi connectivity index (χ2n) is 2.79.